The Hall–Kier alpha value is -1.35. The smallest absolute Gasteiger partial charge is 0.139 e. The molecule has 1 N–H and O–H groups in total. The van der Waals surface area contributed by atoms with Crippen molar-refractivity contribution in [3.8, 4) is 11.4 Å². The third-order valence-electron chi connectivity index (χ3n) is 1.86. The van der Waals surface area contributed by atoms with Crippen molar-refractivity contribution in [3.05, 3.63) is 30.6 Å². The quantitative estimate of drug-likeness (QED) is 0.714. The van der Waals surface area contributed by atoms with Gasteiger partial charge in [0, 0.05) is 24.5 Å². The van der Waals surface area contributed by atoms with Gasteiger partial charge >= 0.3 is 0 Å². The van der Waals surface area contributed by atoms with Crippen molar-refractivity contribution < 1.29 is 5.11 Å². The molecule has 0 spiro atoms. The lowest BCUT2D eigenvalue weighted by Gasteiger charge is -2.08. The lowest BCUT2D eigenvalue weighted by atomic mass is 10.2. The van der Waals surface area contributed by atoms with Crippen LogP contribution in [-0.2, 0) is 6.54 Å². The highest BCUT2D eigenvalue weighted by Gasteiger charge is 2.05. The van der Waals surface area contributed by atoms with Gasteiger partial charge in [-0.2, -0.15) is 0 Å². The number of aliphatic hydroxyl groups is 1. The maximum absolute atomic E-state index is 8.77. The fourth-order valence-electron chi connectivity index (χ4n) is 1.32. The highest BCUT2D eigenvalue weighted by molar-refractivity contribution is 5.56. The number of aliphatic hydroxyl groups excluding tert-OH is 1. The van der Waals surface area contributed by atoms with Crippen molar-refractivity contribution in [1.82, 2.24) is 9.55 Å². The summed E-state index contributed by atoms with van der Waals surface area (Å²) in [6, 6.07) is 5.93. The van der Waals surface area contributed by atoms with Crippen molar-refractivity contribution in [1.29, 1.82) is 0 Å². The molecule has 0 aliphatic carbocycles. The van der Waals surface area contributed by atoms with E-state index in [0.717, 1.165) is 11.4 Å². The lowest BCUT2D eigenvalue weighted by molar-refractivity contribution is 0.276. The van der Waals surface area contributed by atoms with Crippen LogP contribution in [-0.4, -0.2) is 21.3 Å². The van der Waals surface area contributed by atoms with E-state index in [-0.39, 0.29) is 6.61 Å². The SMILES string of the molecule is OCCn1cccc2ccnc1-2. The zero-order chi connectivity index (χ0) is 8.39. The summed E-state index contributed by atoms with van der Waals surface area (Å²) < 4.78 is 1.94. The highest BCUT2D eigenvalue weighted by Crippen LogP contribution is 2.18. The van der Waals surface area contributed by atoms with E-state index in [0.29, 0.717) is 6.54 Å². The third kappa shape index (κ3) is 1.08. The minimum absolute atomic E-state index is 0.149. The number of hydrogen-bond donors (Lipinski definition) is 1. The van der Waals surface area contributed by atoms with E-state index in [1.807, 2.05) is 29.0 Å². The first-order valence-corrected chi connectivity index (χ1v) is 3.92. The molecule has 12 heavy (non-hydrogen) atoms. The average Bonchev–Trinajstić information content (AvgIpc) is 2.53. The molecule has 0 atom stereocenters. The van der Waals surface area contributed by atoms with E-state index >= 15 is 0 Å². The predicted octanol–water partition coefficient (Wildman–Crippen LogP) is 0.980. The van der Waals surface area contributed by atoms with Crippen molar-refractivity contribution in [2.24, 2.45) is 0 Å². The molecule has 0 amide bonds. The molecule has 3 heteroatoms. The van der Waals surface area contributed by atoms with Gasteiger partial charge in [-0.3, -0.25) is 0 Å². The van der Waals surface area contributed by atoms with Crippen LogP contribution in [0.25, 0.3) is 11.4 Å². The maximum atomic E-state index is 8.77. The maximum Gasteiger partial charge on any atom is 0.139 e. The molecule has 2 heterocycles. The number of rotatable bonds is 2. The van der Waals surface area contributed by atoms with Crippen LogP contribution in [0.3, 0.4) is 0 Å². The molecule has 0 aromatic heterocycles. The van der Waals surface area contributed by atoms with Gasteiger partial charge in [-0.1, -0.05) is 0 Å². The first kappa shape index (κ1) is 7.31. The van der Waals surface area contributed by atoms with Gasteiger partial charge in [0.1, 0.15) is 5.82 Å². The van der Waals surface area contributed by atoms with Crippen LogP contribution >= 0.6 is 0 Å². The summed E-state index contributed by atoms with van der Waals surface area (Å²) in [5.74, 6) is 0.937. The van der Waals surface area contributed by atoms with Gasteiger partial charge in [0.25, 0.3) is 0 Å². The Morgan fingerprint density at radius 3 is 3.17 bits per heavy atom. The summed E-state index contributed by atoms with van der Waals surface area (Å²) in [5.41, 5.74) is 1.12. The Kier molecular flexibility index (Phi) is 1.80. The number of pyridine rings is 1. The molecule has 62 valence electrons. The van der Waals surface area contributed by atoms with Crippen LogP contribution in [0.4, 0.5) is 0 Å². The van der Waals surface area contributed by atoms with Gasteiger partial charge in [-0.05, 0) is 18.2 Å². The van der Waals surface area contributed by atoms with Crippen LogP contribution < -0.4 is 0 Å². The van der Waals surface area contributed by atoms with Gasteiger partial charge in [-0.15, -0.1) is 0 Å². The second-order valence-corrected chi connectivity index (χ2v) is 2.65. The molecule has 0 aromatic carbocycles. The van der Waals surface area contributed by atoms with Crippen molar-refractivity contribution in [2.45, 2.75) is 6.54 Å². The molecule has 0 radical (unpaired) electrons. The molecule has 0 aromatic rings. The summed E-state index contributed by atoms with van der Waals surface area (Å²) >= 11 is 0. The molecular weight excluding hydrogens is 152 g/mol. The summed E-state index contributed by atoms with van der Waals surface area (Å²) in [6.07, 6.45) is 3.70. The molecule has 0 saturated carbocycles. The van der Waals surface area contributed by atoms with E-state index in [4.69, 9.17) is 5.11 Å². The Morgan fingerprint density at radius 2 is 2.33 bits per heavy atom. The summed E-state index contributed by atoms with van der Waals surface area (Å²) in [4.78, 5) is 4.19. The van der Waals surface area contributed by atoms with Crippen molar-refractivity contribution in [2.75, 3.05) is 6.61 Å². The fourth-order valence-corrected chi connectivity index (χ4v) is 1.32. The Morgan fingerprint density at radius 1 is 1.42 bits per heavy atom. The first-order chi connectivity index (χ1) is 5.92. The highest BCUT2D eigenvalue weighted by atomic mass is 16.3. The standard InChI is InChI=1S/C9H10N2O/c12-7-6-11-5-1-2-8-3-4-10-9(8)11/h1-5,12H,6-7H2. The van der Waals surface area contributed by atoms with Gasteiger partial charge in [0.2, 0.25) is 0 Å². The molecule has 0 unspecified atom stereocenters. The van der Waals surface area contributed by atoms with Crippen molar-refractivity contribution in [3.63, 3.8) is 0 Å². The second-order valence-electron chi connectivity index (χ2n) is 2.65. The van der Waals surface area contributed by atoms with Crippen LogP contribution in [0.15, 0.2) is 30.6 Å². The van der Waals surface area contributed by atoms with Gasteiger partial charge in [0.15, 0.2) is 0 Å². The zero-order valence-corrected chi connectivity index (χ0v) is 6.64. The normalized spacial score (nSPS) is 10.8. The van der Waals surface area contributed by atoms with E-state index in [1.165, 1.54) is 0 Å². The lowest BCUT2D eigenvalue weighted by Crippen LogP contribution is -2.05. The van der Waals surface area contributed by atoms with E-state index in [9.17, 15) is 0 Å². The van der Waals surface area contributed by atoms with Crippen LogP contribution in [0.2, 0.25) is 0 Å². The summed E-state index contributed by atoms with van der Waals surface area (Å²) in [6.45, 7) is 0.755. The number of fused-ring (bicyclic) bond motifs is 1. The molecule has 0 bridgehead atoms. The molecule has 0 saturated heterocycles. The Labute approximate surface area is 70.6 Å². The van der Waals surface area contributed by atoms with E-state index in [1.54, 1.807) is 6.20 Å². The molecule has 2 rings (SSSR count). The third-order valence-corrected chi connectivity index (χ3v) is 1.86. The largest absolute Gasteiger partial charge is 0.395 e. The van der Waals surface area contributed by atoms with Gasteiger partial charge < -0.3 is 9.67 Å². The van der Waals surface area contributed by atoms with Crippen LogP contribution in [0.5, 0.6) is 0 Å². The minimum Gasteiger partial charge on any atom is -0.395 e. The minimum atomic E-state index is 0.149. The molecule has 3 nitrogen and oxygen atoms in total. The van der Waals surface area contributed by atoms with E-state index < -0.39 is 0 Å². The van der Waals surface area contributed by atoms with Crippen molar-refractivity contribution >= 4 is 0 Å². The van der Waals surface area contributed by atoms with Gasteiger partial charge in [0.05, 0.1) is 6.61 Å². The van der Waals surface area contributed by atoms with E-state index in [2.05, 4.69) is 4.98 Å². The summed E-state index contributed by atoms with van der Waals surface area (Å²) in [5, 5.41) is 8.77. The molecule has 2 aliphatic rings. The molecule has 0 fully saturated rings. The number of aromatic nitrogens is 2. The molecule has 2 aliphatic heterocycles. The first-order valence-electron chi connectivity index (χ1n) is 3.92. The Bertz CT molecular complexity index is 342. The average molecular weight is 162 g/mol. The predicted molar refractivity (Wildman–Crippen MR) is 45.9 cm³/mol. The van der Waals surface area contributed by atoms with Crippen LogP contribution in [0.1, 0.15) is 0 Å². The van der Waals surface area contributed by atoms with Gasteiger partial charge in [-0.25, -0.2) is 4.98 Å². The fraction of sp³-hybridized carbons (Fsp3) is 0.222. The number of nitrogens with zero attached hydrogens (tertiary/aromatic N) is 2. The number of hydrogen-bond acceptors (Lipinski definition) is 2. The second kappa shape index (κ2) is 2.95. The monoisotopic (exact) mass is 162 g/mol. The van der Waals surface area contributed by atoms with Crippen LogP contribution in [0, 0.1) is 0 Å². The Balaban J connectivity index is 2.48. The zero-order valence-electron chi connectivity index (χ0n) is 6.64. The topological polar surface area (TPSA) is 38.0 Å². The summed E-state index contributed by atoms with van der Waals surface area (Å²) in [7, 11) is 0. The molecular formula is C9H10N2O.